The van der Waals surface area contributed by atoms with Crippen molar-refractivity contribution in [2.75, 3.05) is 13.2 Å². The number of carbonyl (C=O) groups is 2. The fourth-order valence-corrected chi connectivity index (χ4v) is 1.43. The third-order valence-corrected chi connectivity index (χ3v) is 3.50. The minimum Gasteiger partial charge on any atom is -0.359 e. The zero-order valence-electron chi connectivity index (χ0n) is 9.81. The van der Waals surface area contributed by atoms with E-state index in [1.807, 2.05) is 0 Å². The summed E-state index contributed by atoms with van der Waals surface area (Å²) in [6, 6.07) is 0. The lowest BCUT2D eigenvalue weighted by molar-refractivity contribution is 0.240. The zero-order chi connectivity index (χ0) is 15.0. The molecular weight excluding hydrogens is 290 g/mol. The highest BCUT2D eigenvalue weighted by Crippen LogP contribution is 2.41. The summed E-state index contributed by atoms with van der Waals surface area (Å²) in [5.41, 5.74) is 6.33. The molecule has 12 heteroatoms. The fraction of sp³-hybridized carbons (Fsp3) is 0.667. The van der Waals surface area contributed by atoms with Crippen LogP contribution < -0.4 is 11.5 Å². The van der Waals surface area contributed by atoms with Crippen LogP contribution in [0.5, 0.6) is 0 Å². The van der Waals surface area contributed by atoms with Crippen LogP contribution in [0.15, 0.2) is 0 Å². The molecule has 0 heterocycles. The maximum atomic E-state index is 10.4. The first-order valence-electron chi connectivity index (χ1n) is 4.55. The molecule has 2 atom stereocenters. The largest absolute Gasteiger partial charge is 0.415 e. The summed E-state index contributed by atoms with van der Waals surface area (Å²) in [6.45, 7) is 2.98. The zero-order valence-corrected chi connectivity index (χ0v) is 11.6. The van der Waals surface area contributed by atoms with Gasteiger partial charge in [0.15, 0.2) is 0 Å². The molecule has 0 fully saturated rings. The summed E-state index contributed by atoms with van der Waals surface area (Å²) in [5, 5.41) is 0. The molecule has 0 aromatic heterocycles. The van der Waals surface area contributed by atoms with Crippen LogP contribution in [0.3, 0.4) is 0 Å². The number of amides is 2. The average molecular weight is 306 g/mol. The van der Waals surface area contributed by atoms with Crippen molar-refractivity contribution in [2.45, 2.75) is 13.8 Å². The monoisotopic (exact) mass is 306 g/mol. The van der Waals surface area contributed by atoms with Crippen LogP contribution in [0.1, 0.15) is 13.8 Å². The Morgan fingerprint density at radius 1 is 0.944 bits per heavy atom. The lowest BCUT2D eigenvalue weighted by Gasteiger charge is -2.03. The fourth-order valence-electron chi connectivity index (χ4n) is 0.477. The van der Waals surface area contributed by atoms with E-state index in [4.69, 9.17) is 9.79 Å². The molecule has 0 rings (SSSR count). The first-order valence-corrected chi connectivity index (χ1v) is 7.71. The third kappa shape index (κ3) is 8.35. The molecule has 0 spiro atoms. The second-order valence-corrected chi connectivity index (χ2v) is 6.03. The Kier molecular flexibility index (Phi) is 9.09. The van der Waals surface area contributed by atoms with Gasteiger partial charge < -0.3 is 30.3 Å². The minimum atomic E-state index is -4.13. The Morgan fingerprint density at radius 2 is 1.17 bits per heavy atom. The summed E-state index contributed by atoms with van der Waals surface area (Å²) in [5.74, 6) is 0. The van der Waals surface area contributed by atoms with Crippen molar-refractivity contribution >= 4 is 26.5 Å². The van der Waals surface area contributed by atoms with E-state index in [9.17, 15) is 18.7 Å². The van der Waals surface area contributed by atoms with Crippen molar-refractivity contribution in [3.8, 4) is 0 Å². The van der Waals surface area contributed by atoms with Gasteiger partial charge in [-0.3, -0.25) is 9.59 Å². The van der Waals surface area contributed by atoms with Gasteiger partial charge in [-0.25, -0.2) is 9.13 Å². The predicted octanol–water partition coefficient (Wildman–Crippen LogP) is 0.574. The second kappa shape index (κ2) is 8.36. The van der Waals surface area contributed by atoms with Crippen LogP contribution in [0.2, 0.25) is 0 Å². The van der Waals surface area contributed by atoms with Gasteiger partial charge in [0.2, 0.25) is 0 Å². The summed E-state index contributed by atoms with van der Waals surface area (Å²) < 4.78 is 29.0. The van der Waals surface area contributed by atoms with Crippen LogP contribution in [-0.4, -0.2) is 34.3 Å². The van der Waals surface area contributed by atoms with Gasteiger partial charge in [0.1, 0.15) is 0 Å². The topological polar surface area (TPSA) is 179 Å². The highest BCUT2D eigenvalue weighted by atomic mass is 31.2. The number of hydrogen-bond acceptors (Lipinski definition) is 6. The molecule has 0 bridgehead atoms. The molecule has 0 saturated heterocycles. The van der Waals surface area contributed by atoms with Gasteiger partial charge in [0.25, 0.3) is 0 Å². The Morgan fingerprint density at radius 3 is 1.22 bits per heavy atom. The SMILES string of the molecule is CCOP(=O)(O)C(N)=O.CCOP(=O)(O)C(N)=O. The first kappa shape index (κ1) is 19.6. The number of primary amides is 2. The number of hydrogen-bond donors (Lipinski definition) is 4. The molecule has 0 aliphatic rings. The van der Waals surface area contributed by atoms with Crippen molar-refractivity contribution in [3.05, 3.63) is 0 Å². The van der Waals surface area contributed by atoms with Gasteiger partial charge in [-0.1, -0.05) is 0 Å². The minimum absolute atomic E-state index is 0.00326. The molecule has 108 valence electrons. The lowest BCUT2D eigenvalue weighted by Crippen LogP contribution is -2.10. The van der Waals surface area contributed by atoms with Crippen molar-refractivity contribution < 1.29 is 37.6 Å². The Balaban J connectivity index is 0. The van der Waals surface area contributed by atoms with Crippen molar-refractivity contribution in [3.63, 3.8) is 0 Å². The second-order valence-electron chi connectivity index (χ2n) is 2.55. The standard InChI is InChI=1S/2C3H8NO4P/c2*1-2-8-9(6,7)3(4)5/h2*2H2,1H3,(H2,4,5)(H,6,7). The van der Waals surface area contributed by atoms with Gasteiger partial charge in [0.05, 0.1) is 13.2 Å². The molecular formula is C6H16N2O8P2. The van der Waals surface area contributed by atoms with Gasteiger partial charge in [0, 0.05) is 0 Å². The predicted molar refractivity (Wildman–Crippen MR) is 62.1 cm³/mol. The van der Waals surface area contributed by atoms with E-state index in [-0.39, 0.29) is 13.2 Å². The van der Waals surface area contributed by atoms with E-state index in [2.05, 4.69) is 20.5 Å². The quantitative estimate of drug-likeness (QED) is 0.514. The first-order chi connectivity index (χ1) is 8.01. The van der Waals surface area contributed by atoms with Crippen molar-refractivity contribution in [1.29, 1.82) is 0 Å². The van der Waals surface area contributed by atoms with Gasteiger partial charge in [-0.05, 0) is 13.8 Å². The Hall–Kier alpha value is -0.760. The molecule has 0 aromatic carbocycles. The van der Waals surface area contributed by atoms with E-state index in [1.54, 1.807) is 0 Å². The maximum absolute atomic E-state index is 10.4. The van der Waals surface area contributed by atoms with E-state index in [0.29, 0.717) is 0 Å². The molecule has 6 N–H and O–H groups in total. The summed E-state index contributed by atoms with van der Waals surface area (Å²) in [7, 11) is -8.25. The van der Waals surface area contributed by atoms with Crippen molar-refractivity contribution in [1.82, 2.24) is 0 Å². The molecule has 2 unspecified atom stereocenters. The van der Waals surface area contributed by atoms with Crippen LogP contribution in [-0.2, 0) is 18.2 Å². The highest BCUT2D eigenvalue weighted by Gasteiger charge is 2.26. The molecule has 0 saturated carbocycles. The highest BCUT2D eigenvalue weighted by molar-refractivity contribution is 7.71. The smallest absolute Gasteiger partial charge is 0.359 e. The van der Waals surface area contributed by atoms with Gasteiger partial charge in [-0.2, -0.15) is 0 Å². The van der Waals surface area contributed by atoms with Crippen LogP contribution in [0.25, 0.3) is 0 Å². The van der Waals surface area contributed by atoms with Crippen LogP contribution >= 0.6 is 15.2 Å². The number of nitrogens with two attached hydrogens (primary N) is 2. The van der Waals surface area contributed by atoms with Gasteiger partial charge in [-0.15, -0.1) is 0 Å². The summed E-state index contributed by atoms with van der Waals surface area (Å²) in [4.78, 5) is 36.9. The van der Waals surface area contributed by atoms with E-state index in [0.717, 1.165) is 0 Å². The summed E-state index contributed by atoms with van der Waals surface area (Å²) in [6.07, 6.45) is 0. The molecule has 0 aliphatic carbocycles. The lowest BCUT2D eigenvalue weighted by atomic mass is 10.9. The molecule has 0 radical (unpaired) electrons. The van der Waals surface area contributed by atoms with Crippen molar-refractivity contribution in [2.24, 2.45) is 11.5 Å². The summed E-state index contributed by atoms with van der Waals surface area (Å²) >= 11 is 0. The Labute approximate surface area is 103 Å². The van der Waals surface area contributed by atoms with E-state index in [1.165, 1.54) is 13.8 Å². The molecule has 18 heavy (non-hydrogen) atoms. The maximum Gasteiger partial charge on any atom is 0.415 e. The average Bonchev–Trinajstić information content (AvgIpc) is 2.17. The normalized spacial score (nSPS) is 16.7. The van der Waals surface area contributed by atoms with Crippen LogP contribution in [0, 0.1) is 0 Å². The van der Waals surface area contributed by atoms with E-state index >= 15 is 0 Å². The van der Waals surface area contributed by atoms with E-state index < -0.39 is 26.5 Å². The number of rotatable bonds is 6. The molecule has 0 aliphatic heterocycles. The van der Waals surface area contributed by atoms with Gasteiger partial charge >= 0.3 is 26.5 Å². The molecule has 0 aromatic rings. The molecule has 2 amide bonds. The number of carbonyl (C=O) groups excluding carboxylic acids is 2. The Bertz CT molecular complexity index is 348. The van der Waals surface area contributed by atoms with Crippen LogP contribution in [0.4, 0.5) is 9.59 Å². The molecule has 10 nitrogen and oxygen atoms in total. The third-order valence-electron chi connectivity index (χ3n) is 1.17.